The smallest absolute Gasteiger partial charge is 0.329 e. The molecule has 0 saturated carbocycles. The molecule has 0 saturated heterocycles. The second-order valence-electron chi connectivity index (χ2n) is 6.39. The summed E-state index contributed by atoms with van der Waals surface area (Å²) in [4.78, 5) is 35.2. The first-order chi connectivity index (χ1) is 12.4. The maximum atomic E-state index is 12.1. The zero-order valence-corrected chi connectivity index (χ0v) is 16.8. The van der Waals surface area contributed by atoms with Gasteiger partial charge < -0.3 is 15.4 Å². The molecule has 0 aliphatic rings. The minimum atomic E-state index is -3.64. The molecular formula is C17H25N3O6S. The Balaban J connectivity index is 2.73. The molecule has 0 aliphatic heterocycles. The average molecular weight is 399 g/mol. The molecule has 9 nitrogen and oxygen atoms in total. The fourth-order valence-electron chi connectivity index (χ4n) is 2.09. The Kier molecular flexibility index (Phi) is 7.92. The zero-order valence-electron chi connectivity index (χ0n) is 16.0. The average Bonchev–Trinajstić information content (AvgIpc) is 2.57. The van der Waals surface area contributed by atoms with Gasteiger partial charge in [-0.15, -0.1) is 0 Å². The summed E-state index contributed by atoms with van der Waals surface area (Å²) in [7, 11) is -0.831. The molecule has 0 spiro atoms. The van der Waals surface area contributed by atoms with Crippen molar-refractivity contribution in [3.8, 4) is 0 Å². The van der Waals surface area contributed by atoms with Crippen LogP contribution in [0.1, 0.15) is 20.8 Å². The first-order valence-corrected chi connectivity index (χ1v) is 9.65. The Morgan fingerprint density at radius 3 is 2.33 bits per heavy atom. The molecule has 0 aliphatic carbocycles. The lowest BCUT2D eigenvalue weighted by Gasteiger charge is -2.19. The van der Waals surface area contributed by atoms with Crippen LogP contribution in [0.15, 0.2) is 29.2 Å². The van der Waals surface area contributed by atoms with Gasteiger partial charge in [0.2, 0.25) is 15.9 Å². The predicted molar refractivity (Wildman–Crippen MR) is 99.3 cm³/mol. The molecule has 0 fully saturated rings. The Hall–Kier alpha value is -2.46. The van der Waals surface area contributed by atoms with E-state index in [1.54, 1.807) is 13.8 Å². The molecule has 27 heavy (non-hydrogen) atoms. The van der Waals surface area contributed by atoms with Gasteiger partial charge in [0.15, 0.2) is 6.61 Å². The number of nitrogens with zero attached hydrogens (tertiary/aromatic N) is 1. The molecule has 0 heterocycles. The molecule has 2 N–H and O–H groups in total. The van der Waals surface area contributed by atoms with Gasteiger partial charge in [0.25, 0.3) is 5.91 Å². The van der Waals surface area contributed by atoms with Crippen LogP contribution in [-0.4, -0.2) is 57.3 Å². The molecule has 1 rings (SSSR count). The van der Waals surface area contributed by atoms with Crippen LogP contribution >= 0.6 is 0 Å². The Morgan fingerprint density at radius 2 is 1.81 bits per heavy atom. The lowest BCUT2D eigenvalue weighted by Crippen LogP contribution is -2.45. The molecule has 150 valence electrons. The van der Waals surface area contributed by atoms with Crippen LogP contribution in [0.3, 0.4) is 0 Å². The standard InChI is InChI=1S/C17H25N3O6S/c1-11(2)16(18-12(3)21)17(23)26-10-15(22)19-13-7-6-8-14(9-13)27(24,25)20(4)5/h6-9,11,16H,10H2,1-5H3,(H,18,21)(H,19,22)/t16-/m1/s1. The van der Waals surface area contributed by atoms with E-state index in [4.69, 9.17) is 4.74 Å². The highest BCUT2D eigenvalue weighted by Crippen LogP contribution is 2.18. The van der Waals surface area contributed by atoms with Gasteiger partial charge in [-0.05, 0) is 24.1 Å². The summed E-state index contributed by atoms with van der Waals surface area (Å²) in [6.45, 7) is 4.19. The van der Waals surface area contributed by atoms with Crippen LogP contribution < -0.4 is 10.6 Å². The maximum Gasteiger partial charge on any atom is 0.329 e. The van der Waals surface area contributed by atoms with Crippen molar-refractivity contribution in [3.63, 3.8) is 0 Å². The van der Waals surface area contributed by atoms with Crippen LogP contribution in [0.25, 0.3) is 0 Å². The molecule has 0 bridgehead atoms. The van der Waals surface area contributed by atoms with Crippen LogP contribution in [0.4, 0.5) is 5.69 Å². The summed E-state index contributed by atoms with van der Waals surface area (Å²) in [6.07, 6.45) is 0. The molecule has 1 aromatic carbocycles. The van der Waals surface area contributed by atoms with Crippen molar-refractivity contribution in [1.82, 2.24) is 9.62 Å². The highest BCUT2D eigenvalue weighted by atomic mass is 32.2. The van der Waals surface area contributed by atoms with Crippen molar-refractivity contribution in [2.24, 2.45) is 5.92 Å². The van der Waals surface area contributed by atoms with Gasteiger partial charge in [-0.1, -0.05) is 19.9 Å². The number of benzene rings is 1. The van der Waals surface area contributed by atoms with Crippen LogP contribution in [0.5, 0.6) is 0 Å². The van der Waals surface area contributed by atoms with Crippen LogP contribution in [0.2, 0.25) is 0 Å². The van der Waals surface area contributed by atoms with Gasteiger partial charge in [-0.25, -0.2) is 17.5 Å². The van der Waals surface area contributed by atoms with E-state index in [9.17, 15) is 22.8 Å². The third kappa shape index (κ3) is 6.65. The van der Waals surface area contributed by atoms with Crippen molar-refractivity contribution in [1.29, 1.82) is 0 Å². The minimum absolute atomic E-state index is 0.0211. The maximum absolute atomic E-state index is 12.1. The molecular weight excluding hydrogens is 374 g/mol. The summed E-state index contributed by atoms with van der Waals surface area (Å²) in [5.74, 6) is -1.95. The van der Waals surface area contributed by atoms with E-state index in [2.05, 4.69) is 10.6 Å². The zero-order chi connectivity index (χ0) is 20.8. The van der Waals surface area contributed by atoms with Gasteiger partial charge in [0.05, 0.1) is 4.90 Å². The minimum Gasteiger partial charge on any atom is -0.454 e. The number of ether oxygens (including phenoxy) is 1. The summed E-state index contributed by atoms with van der Waals surface area (Å²) < 4.78 is 30.2. The monoisotopic (exact) mass is 399 g/mol. The van der Waals surface area contributed by atoms with Crippen LogP contribution in [0, 0.1) is 5.92 Å². The largest absolute Gasteiger partial charge is 0.454 e. The van der Waals surface area contributed by atoms with Crippen molar-refractivity contribution in [3.05, 3.63) is 24.3 Å². The van der Waals surface area contributed by atoms with Gasteiger partial charge in [-0.2, -0.15) is 0 Å². The quantitative estimate of drug-likeness (QED) is 0.617. The first-order valence-electron chi connectivity index (χ1n) is 8.21. The van der Waals surface area contributed by atoms with E-state index in [1.807, 2.05) is 0 Å². The Labute approximate surface area is 159 Å². The summed E-state index contributed by atoms with van der Waals surface area (Å²) in [5.41, 5.74) is 0.251. The fourth-order valence-corrected chi connectivity index (χ4v) is 3.03. The topological polar surface area (TPSA) is 122 Å². The lowest BCUT2D eigenvalue weighted by molar-refractivity contribution is -0.151. The van der Waals surface area contributed by atoms with E-state index in [0.717, 1.165) is 4.31 Å². The van der Waals surface area contributed by atoms with Crippen molar-refractivity contribution < 1.29 is 27.5 Å². The number of hydrogen-bond acceptors (Lipinski definition) is 6. The normalized spacial score (nSPS) is 12.6. The number of amides is 2. The number of anilines is 1. The Morgan fingerprint density at radius 1 is 1.19 bits per heavy atom. The number of nitrogens with one attached hydrogen (secondary N) is 2. The van der Waals surface area contributed by atoms with Gasteiger partial charge in [0.1, 0.15) is 6.04 Å². The highest BCUT2D eigenvalue weighted by molar-refractivity contribution is 7.89. The molecule has 1 aromatic rings. The summed E-state index contributed by atoms with van der Waals surface area (Å²) in [6, 6.07) is 4.87. The van der Waals surface area contributed by atoms with Crippen molar-refractivity contribution >= 4 is 33.5 Å². The van der Waals surface area contributed by atoms with Gasteiger partial charge in [-0.3, -0.25) is 9.59 Å². The molecule has 10 heteroatoms. The number of rotatable bonds is 8. The first kappa shape index (κ1) is 22.6. The molecule has 1 atom stereocenters. The number of esters is 1. The number of carbonyl (C=O) groups excluding carboxylic acids is 3. The van der Waals surface area contributed by atoms with Crippen molar-refractivity contribution in [2.75, 3.05) is 26.0 Å². The van der Waals surface area contributed by atoms with Crippen molar-refractivity contribution in [2.45, 2.75) is 31.7 Å². The fraction of sp³-hybridized carbons (Fsp3) is 0.471. The van der Waals surface area contributed by atoms with E-state index in [1.165, 1.54) is 45.3 Å². The third-order valence-electron chi connectivity index (χ3n) is 3.52. The Bertz CT molecular complexity index is 805. The number of carbonyl (C=O) groups is 3. The van der Waals surface area contributed by atoms with E-state index < -0.39 is 34.5 Å². The number of sulfonamides is 1. The van der Waals surface area contributed by atoms with E-state index >= 15 is 0 Å². The van der Waals surface area contributed by atoms with Gasteiger partial charge in [0, 0.05) is 26.7 Å². The molecule has 0 aromatic heterocycles. The second kappa shape index (κ2) is 9.47. The molecule has 0 radical (unpaired) electrons. The van der Waals surface area contributed by atoms with E-state index in [-0.39, 0.29) is 22.4 Å². The summed E-state index contributed by atoms with van der Waals surface area (Å²) >= 11 is 0. The second-order valence-corrected chi connectivity index (χ2v) is 8.55. The lowest BCUT2D eigenvalue weighted by atomic mass is 10.0. The number of hydrogen-bond donors (Lipinski definition) is 2. The molecule has 0 unspecified atom stereocenters. The molecule has 2 amide bonds. The van der Waals surface area contributed by atoms with Gasteiger partial charge >= 0.3 is 5.97 Å². The predicted octanol–water partition coefficient (Wildman–Crippen LogP) is 0.579. The van der Waals surface area contributed by atoms with Crippen LogP contribution in [-0.2, 0) is 29.1 Å². The summed E-state index contributed by atoms with van der Waals surface area (Å²) in [5, 5.41) is 4.94. The third-order valence-corrected chi connectivity index (χ3v) is 5.33. The van der Waals surface area contributed by atoms with E-state index in [0.29, 0.717) is 0 Å². The highest BCUT2D eigenvalue weighted by Gasteiger charge is 2.25. The SMILES string of the molecule is CC(=O)N[C@@H](C(=O)OCC(=O)Nc1cccc(S(=O)(=O)N(C)C)c1)C(C)C.